The first-order chi connectivity index (χ1) is 9.86. The average Bonchev–Trinajstić information content (AvgIpc) is 3.11. The highest BCUT2D eigenvalue weighted by atomic mass is 16.5. The van der Waals surface area contributed by atoms with E-state index < -0.39 is 0 Å². The number of ether oxygens (including phenoxy) is 1. The van der Waals surface area contributed by atoms with Gasteiger partial charge in [-0.05, 0) is 36.3 Å². The average molecular weight is 269 g/mol. The number of aromatic nitrogens is 1. The van der Waals surface area contributed by atoms with Crippen molar-refractivity contribution in [2.45, 2.75) is 37.5 Å². The molecule has 0 amide bonds. The molecule has 2 aromatic rings. The van der Waals surface area contributed by atoms with E-state index in [0.29, 0.717) is 18.1 Å². The highest BCUT2D eigenvalue weighted by Crippen LogP contribution is 2.45. The van der Waals surface area contributed by atoms with Crippen LogP contribution in [0.2, 0.25) is 0 Å². The summed E-state index contributed by atoms with van der Waals surface area (Å²) in [6.45, 7) is 0. The molecule has 0 aliphatic carbocycles. The van der Waals surface area contributed by atoms with Crippen molar-refractivity contribution < 1.29 is 4.74 Å². The molecule has 20 heavy (non-hydrogen) atoms. The smallest absolute Gasteiger partial charge is 0.0627 e. The second-order valence-electron chi connectivity index (χ2n) is 5.86. The quantitative estimate of drug-likeness (QED) is 0.663. The van der Waals surface area contributed by atoms with E-state index in [4.69, 9.17) is 10.6 Å². The van der Waals surface area contributed by atoms with Gasteiger partial charge < -0.3 is 4.74 Å². The van der Waals surface area contributed by atoms with Crippen LogP contribution >= 0.6 is 0 Å². The van der Waals surface area contributed by atoms with Crippen LogP contribution in [0.5, 0.6) is 0 Å². The van der Waals surface area contributed by atoms with E-state index in [2.05, 4.69) is 28.6 Å². The minimum Gasteiger partial charge on any atom is -0.375 e. The molecule has 4 unspecified atom stereocenters. The lowest BCUT2D eigenvalue weighted by Gasteiger charge is -2.29. The van der Waals surface area contributed by atoms with Crippen molar-refractivity contribution in [2.75, 3.05) is 0 Å². The summed E-state index contributed by atoms with van der Waals surface area (Å²) in [5.74, 6) is 6.34. The normalized spacial score (nSPS) is 29.9. The van der Waals surface area contributed by atoms with Gasteiger partial charge in [-0.15, -0.1) is 0 Å². The fraction of sp³-hybridized carbons (Fsp3) is 0.438. The molecule has 3 N–H and O–H groups in total. The zero-order valence-corrected chi connectivity index (χ0v) is 11.3. The third-order valence-electron chi connectivity index (χ3n) is 4.81. The maximum absolute atomic E-state index is 5.99. The Morgan fingerprint density at radius 2 is 2.25 bits per heavy atom. The van der Waals surface area contributed by atoms with Crippen LogP contribution in [0.1, 0.15) is 30.9 Å². The fourth-order valence-electron chi connectivity index (χ4n) is 3.88. The predicted octanol–water partition coefficient (Wildman–Crippen LogP) is 2.31. The molecule has 0 radical (unpaired) electrons. The van der Waals surface area contributed by atoms with Gasteiger partial charge in [-0.1, -0.05) is 18.2 Å². The summed E-state index contributed by atoms with van der Waals surface area (Å²) in [5.41, 5.74) is 4.26. The van der Waals surface area contributed by atoms with Gasteiger partial charge in [-0.2, -0.15) is 0 Å². The van der Waals surface area contributed by atoms with E-state index in [0.717, 1.165) is 12.8 Å². The van der Waals surface area contributed by atoms with Gasteiger partial charge in [-0.3, -0.25) is 16.3 Å². The summed E-state index contributed by atoms with van der Waals surface area (Å²) < 4.78 is 5.99. The monoisotopic (exact) mass is 269 g/mol. The molecule has 2 saturated heterocycles. The minimum atomic E-state index is 0.137. The van der Waals surface area contributed by atoms with Crippen LogP contribution < -0.4 is 11.3 Å². The molecular formula is C16H19N3O. The number of rotatable bonds is 3. The highest BCUT2D eigenvalue weighted by Gasteiger charge is 2.44. The molecule has 0 saturated carbocycles. The molecule has 104 valence electrons. The Bertz CT molecular complexity index is 625. The van der Waals surface area contributed by atoms with Gasteiger partial charge >= 0.3 is 0 Å². The SMILES string of the molecule is NNC(c1cccc2ccncc12)C1CC2CCC1O2. The van der Waals surface area contributed by atoms with Crippen molar-refractivity contribution >= 4 is 10.8 Å². The number of hydrogen-bond acceptors (Lipinski definition) is 4. The first kappa shape index (κ1) is 12.3. The standard InChI is InChI=1S/C16H19N3O/c17-19-16(13-8-11-4-5-15(13)20-11)12-3-1-2-10-6-7-18-9-14(10)12/h1-3,6-7,9,11,13,15-16,19H,4-5,8,17H2. The molecule has 1 aromatic carbocycles. The molecule has 0 spiro atoms. The molecule has 2 aliphatic rings. The molecule has 4 nitrogen and oxygen atoms in total. The molecule has 4 rings (SSSR count). The maximum atomic E-state index is 5.99. The van der Waals surface area contributed by atoms with E-state index in [9.17, 15) is 0 Å². The molecule has 2 bridgehead atoms. The zero-order chi connectivity index (χ0) is 13.5. The topological polar surface area (TPSA) is 60.2 Å². The van der Waals surface area contributed by atoms with Crippen LogP contribution in [0.15, 0.2) is 36.7 Å². The summed E-state index contributed by atoms with van der Waals surface area (Å²) in [5, 5.41) is 2.39. The van der Waals surface area contributed by atoms with E-state index in [-0.39, 0.29) is 6.04 Å². The summed E-state index contributed by atoms with van der Waals surface area (Å²) in [7, 11) is 0. The summed E-state index contributed by atoms with van der Waals surface area (Å²) >= 11 is 0. The van der Waals surface area contributed by atoms with Crippen LogP contribution in [-0.2, 0) is 4.74 Å². The number of nitrogens with one attached hydrogen (secondary N) is 1. The number of benzene rings is 1. The Labute approximate surface area is 118 Å². The molecule has 4 atom stereocenters. The minimum absolute atomic E-state index is 0.137. The Morgan fingerprint density at radius 3 is 3.00 bits per heavy atom. The second-order valence-corrected chi connectivity index (χ2v) is 5.86. The van der Waals surface area contributed by atoms with Gasteiger partial charge in [-0.25, -0.2) is 0 Å². The van der Waals surface area contributed by atoms with E-state index in [1.807, 2.05) is 18.5 Å². The summed E-state index contributed by atoms with van der Waals surface area (Å²) in [6.07, 6.45) is 8.03. The summed E-state index contributed by atoms with van der Waals surface area (Å²) in [4.78, 5) is 4.26. The number of pyridine rings is 1. The third kappa shape index (κ3) is 1.84. The number of hydrogen-bond donors (Lipinski definition) is 2. The van der Waals surface area contributed by atoms with Crippen molar-refractivity contribution in [1.82, 2.24) is 10.4 Å². The molecule has 4 heteroatoms. The van der Waals surface area contributed by atoms with Crippen LogP contribution in [0.4, 0.5) is 0 Å². The van der Waals surface area contributed by atoms with Gasteiger partial charge in [0, 0.05) is 23.7 Å². The Balaban J connectivity index is 1.76. The Kier molecular flexibility index (Phi) is 2.95. The van der Waals surface area contributed by atoms with Gasteiger partial charge in [0.2, 0.25) is 0 Å². The lowest BCUT2D eigenvalue weighted by Crippen LogP contribution is -2.37. The summed E-state index contributed by atoms with van der Waals surface area (Å²) in [6, 6.07) is 8.55. The lowest BCUT2D eigenvalue weighted by molar-refractivity contribution is 0.0858. The van der Waals surface area contributed by atoms with Crippen molar-refractivity contribution in [1.29, 1.82) is 0 Å². The second kappa shape index (κ2) is 4.81. The van der Waals surface area contributed by atoms with Crippen LogP contribution in [-0.4, -0.2) is 17.2 Å². The van der Waals surface area contributed by atoms with Gasteiger partial charge in [0.05, 0.1) is 18.2 Å². The van der Waals surface area contributed by atoms with Crippen LogP contribution in [0, 0.1) is 5.92 Å². The number of nitrogens with two attached hydrogens (primary N) is 1. The van der Waals surface area contributed by atoms with Crippen LogP contribution in [0.3, 0.4) is 0 Å². The molecule has 2 fully saturated rings. The highest BCUT2D eigenvalue weighted by molar-refractivity contribution is 5.85. The molecular weight excluding hydrogens is 250 g/mol. The lowest BCUT2D eigenvalue weighted by atomic mass is 9.80. The first-order valence-corrected chi connectivity index (χ1v) is 7.31. The van der Waals surface area contributed by atoms with Gasteiger partial charge in [0.15, 0.2) is 0 Å². The zero-order valence-electron chi connectivity index (χ0n) is 11.3. The van der Waals surface area contributed by atoms with Crippen molar-refractivity contribution in [2.24, 2.45) is 11.8 Å². The number of fused-ring (bicyclic) bond motifs is 3. The first-order valence-electron chi connectivity index (χ1n) is 7.31. The van der Waals surface area contributed by atoms with E-state index in [1.54, 1.807) is 0 Å². The number of nitrogens with zero attached hydrogens (tertiary/aromatic N) is 1. The third-order valence-corrected chi connectivity index (χ3v) is 4.81. The van der Waals surface area contributed by atoms with Crippen molar-refractivity contribution in [3.8, 4) is 0 Å². The molecule has 2 aliphatic heterocycles. The predicted molar refractivity (Wildman–Crippen MR) is 77.8 cm³/mol. The van der Waals surface area contributed by atoms with Crippen LogP contribution in [0.25, 0.3) is 10.8 Å². The van der Waals surface area contributed by atoms with E-state index in [1.165, 1.54) is 22.8 Å². The Morgan fingerprint density at radius 1 is 1.30 bits per heavy atom. The number of hydrazine groups is 1. The molecule has 3 heterocycles. The van der Waals surface area contributed by atoms with Crippen molar-refractivity contribution in [3.05, 3.63) is 42.2 Å². The van der Waals surface area contributed by atoms with Gasteiger partial charge in [0.25, 0.3) is 0 Å². The fourth-order valence-corrected chi connectivity index (χ4v) is 3.88. The van der Waals surface area contributed by atoms with E-state index >= 15 is 0 Å². The Hall–Kier alpha value is -1.49. The molecule has 1 aromatic heterocycles. The maximum Gasteiger partial charge on any atom is 0.0627 e. The van der Waals surface area contributed by atoms with Gasteiger partial charge in [0.1, 0.15) is 0 Å². The van der Waals surface area contributed by atoms with Crippen molar-refractivity contribution in [3.63, 3.8) is 0 Å². The largest absolute Gasteiger partial charge is 0.375 e.